The minimum Gasteiger partial charge on any atom is -0.339 e. The molecule has 6 heteroatoms. The van der Waals surface area contributed by atoms with Crippen LogP contribution in [-0.2, 0) is 10.0 Å². The van der Waals surface area contributed by atoms with Crippen molar-refractivity contribution in [3.05, 3.63) is 29.8 Å². The molecule has 0 heterocycles. The second-order valence-electron chi connectivity index (χ2n) is 6.45. The van der Waals surface area contributed by atoms with E-state index in [0.717, 1.165) is 6.54 Å². The van der Waals surface area contributed by atoms with Crippen molar-refractivity contribution in [1.82, 2.24) is 4.72 Å². The summed E-state index contributed by atoms with van der Waals surface area (Å²) in [5.41, 5.74) is 0.371. The molecule has 0 saturated heterocycles. The summed E-state index contributed by atoms with van der Waals surface area (Å²) in [7, 11) is 0.535. The first-order valence-corrected chi connectivity index (χ1v) is 8.41. The van der Waals surface area contributed by atoms with Crippen molar-refractivity contribution in [3.63, 3.8) is 0 Å². The van der Waals surface area contributed by atoms with Crippen molar-refractivity contribution < 1.29 is 18.1 Å². The Morgan fingerprint density at radius 3 is 2.14 bits per heavy atom. The van der Waals surface area contributed by atoms with Crippen LogP contribution in [0.4, 0.5) is 0 Å². The molecule has 0 saturated carbocycles. The van der Waals surface area contributed by atoms with Crippen molar-refractivity contribution in [2.45, 2.75) is 25.7 Å². The van der Waals surface area contributed by atoms with Crippen LogP contribution in [0.25, 0.3) is 0 Å². The van der Waals surface area contributed by atoms with E-state index in [1.165, 1.54) is 36.1 Å². The Hall–Kier alpha value is -1.24. The van der Waals surface area contributed by atoms with E-state index in [-0.39, 0.29) is 16.1 Å². The van der Waals surface area contributed by atoms with E-state index >= 15 is 0 Å². The molecule has 0 aromatic heterocycles. The zero-order valence-corrected chi connectivity index (χ0v) is 14.2. The lowest BCUT2D eigenvalue weighted by Gasteiger charge is -2.26. The molecule has 1 aromatic carbocycles. The fourth-order valence-corrected chi connectivity index (χ4v) is 3.50. The van der Waals surface area contributed by atoms with Gasteiger partial charge in [0.05, 0.1) is 25.5 Å². The van der Waals surface area contributed by atoms with Crippen molar-refractivity contribution >= 4 is 15.8 Å². The molecule has 0 atom stereocenters. The van der Waals surface area contributed by atoms with Gasteiger partial charge in [0.25, 0.3) is 0 Å². The number of hydrogen-bond donors (Lipinski definition) is 2. The van der Waals surface area contributed by atoms with Crippen LogP contribution in [-0.4, -0.2) is 41.4 Å². The molecule has 21 heavy (non-hydrogen) atoms. The summed E-state index contributed by atoms with van der Waals surface area (Å²) in [5, 5.41) is 0. The van der Waals surface area contributed by atoms with Crippen LogP contribution in [0, 0.1) is 5.41 Å². The molecular weight excluding hydrogens is 288 g/mol. The average molecular weight is 313 g/mol. The highest BCUT2D eigenvalue weighted by molar-refractivity contribution is 7.89. The van der Waals surface area contributed by atoms with Gasteiger partial charge in [-0.2, -0.15) is 0 Å². The molecule has 0 spiro atoms. The minimum absolute atomic E-state index is 0.0815. The quantitative estimate of drug-likeness (QED) is 0.713. The second kappa shape index (κ2) is 6.68. The Kier molecular flexibility index (Phi) is 5.67. The largest absolute Gasteiger partial charge is 0.339 e. The van der Waals surface area contributed by atoms with Gasteiger partial charge in [0.2, 0.25) is 10.0 Å². The molecule has 0 aliphatic rings. The van der Waals surface area contributed by atoms with Crippen LogP contribution in [0.3, 0.4) is 0 Å². The smallest absolute Gasteiger partial charge is 0.240 e. The fourth-order valence-electron chi connectivity index (χ4n) is 2.26. The lowest BCUT2D eigenvalue weighted by molar-refractivity contribution is -0.865. The van der Waals surface area contributed by atoms with E-state index in [1.54, 1.807) is 0 Å². The van der Waals surface area contributed by atoms with E-state index in [4.69, 9.17) is 0 Å². The number of carbonyl (C=O) groups excluding carboxylic acids is 1. The maximum Gasteiger partial charge on any atom is 0.240 e. The number of quaternary nitrogens is 1. The summed E-state index contributed by atoms with van der Waals surface area (Å²) in [6, 6.07) is 5.99. The van der Waals surface area contributed by atoms with Gasteiger partial charge < -0.3 is 4.90 Å². The second-order valence-corrected chi connectivity index (χ2v) is 8.22. The van der Waals surface area contributed by atoms with Crippen LogP contribution in [0.5, 0.6) is 0 Å². The van der Waals surface area contributed by atoms with Crippen LogP contribution < -0.4 is 9.62 Å². The van der Waals surface area contributed by atoms with Gasteiger partial charge in [-0.05, 0) is 19.1 Å². The summed E-state index contributed by atoms with van der Waals surface area (Å²) in [6.07, 6.45) is 0. The van der Waals surface area contributed by atoms with Gasteiger partial charge in [0.1, 0.15) is 0 Å². The first-order valence-electron chi connectivity index (χ1n) is 6.93. The molecule has 5 nitrogen and oxygen atoms in total. The van der Waals surface area contributed by atoms with Crippen molar-refractivity contribution in [3.8, 4) is 0 Å². The molecule has 0 aliphatic heterocycles. The Morgan fingerprint density at radius 2 is 1.71 bits per heavy atom. The Bertz CT molecular complexity index is 590. The van der Waals surface area contributed by atoms with Gasteiger partial charge >= 0.3 is 0 Å². The minimum atomic E-state index is -3.54. The third-order valence-electron chi connectivity index (χ3n) is 3.14. The van der Waals surface area contributed by atoms with E-state index in [1.807, 2.05) is 27.9 Å². The van der Waals surface area contributed by atoms with Crippen LogP contribution in [0.2, 0.25) is 0 Å². The van der Waals surface area contributed by atoms with Crippen molar-refractivity contribution in [2.24, 2.45) is 5.41 Å². The summed E-state index contributed by atoms with van der Waals surface area (Å²) in [5.74, 6) is -0.0815. The monoisotopic (exact) mass is 313 g/mol. The third kappa shape index (κ3) is 5.57. The lowest BCUT2D eigenvalue weighted by atomic mass is 9.93. The topological polar surface area (TPSA) is 67.7 Å². The van der Waals surface area contributed by atoms with Gasteiger partial charge in [-0.25, -0.2) is 13.1 Å². The van der Waals surface area contributed by atoms with Crippen LogP contribution in [0.15, 0.2) is 29.2 Å². The van der Waals surface area contributed by atoms with Crippen molar-refractivity contribution in [2.75, 3.05) is 27.2 Å². The van der Waals surface area contributed by atoms with Crippen molar-refractivity contribution in [1.29, 1.82) is 0 Å². The lowest BCUT2D eigenvalue weighted by Crippen LogP contribution is -3.07. The van der Waals surface area contributed by atoms with Gasteiger partial charge in [-0.15, -0.1) is 0 Å². The zero-order chi connectivity index (χ0) is 16.3. The molecule has 0 fully saturated rings. The number of carbonyl (C=O) groups is 1. The summed E-state index contributed by atoms with van der Waals surface area (Å²) < 4.78 is 27.1. The van der Waals surface area contributed by atoms with Gasteiger partial charge in [0, 0.05) is 17.5 Å². The number of benzene rings is 1. The molecule has 0 bridgehead atoms. The van der Waals surface area contributed by atoms with Gasteiger partial charge in [-0.1, -0.05) is 26.0 Å². The molecule has 1 aromatic rings. The maximum absolute atomic E-state index is 12.2. The molecule has 0 amide bonds. The molecular formula is C15H25N2O3S+. The van der Waals surface area contributed by atoms with Gasteiger partial charge in [0.15, 0.2) is 5.78 Å². The molecule has 2 N–H and O–H groups in total. The third-order valence-corrected chi connectivity index (χ3v) is 4.56. The number of Topliss-reactive ketones (excluding diaryl/α,β-unsaturated/α-hetero) is 1. The number of hydrogen-bond acceptors (Lipinski definition) is 3. The predicted octanol–water partition coefficient (Wildman–Crippen LogP) is 0.338. The van der Waals surface area contributed by atoms with Crippen LogP contribution in [0.1, 0.15) is 31.1 Å². The zero-order valence-electron chi connectivity index (χ0n) is 13.4. The molecule has 1 rings (SSSR count). The maximum atomic E-state index is 12.2. The molecule has 0 aliphatic carbocycles. The standard InChI is InChI=1S/C15H24N2O3S/c1-12(18)13-6-8-14(9-7-13)21(19,20)16-10-15(2,3)11-17(4)5/h6-9,16H,10-11H2,1-5H3/p+1. The van der Waals surface area contributed by atoms with E-state index in [9.17, 15) is 13.2 Å². The highest BCUT2D eigenvalue weighted by Gasteiger charge is 2.25. The Labute approximate surface area is 127 Å². The first-order chi connectivity index (χ1) is 9.53. The molecule has 0 unspecified atom stereocenters. The highest BCUT2D eigenvalue weighted by Crippen LogP contribution is 2.14. The number of rotatable bonds is 7. The Balaban J connectivity index is 2.80. The average Bonchev–Trinajstić information content (AvgIpc) is 2.35. The molecule has 118 valence electrons. The molecule has 0 radical (unpaired) electrons. The summed E-state index contributed by atoms with van der Waals surface area (Å²) in [4.78, 5) is 12.6. The van der Waals surface area contributed by atoms with E-state index in [2.05, 4.69) is 4.72 Å². The SMILES string of the molecule is CC(=O)c1ccc(S(=O)(=O)NCC(C)(C)C[NH+](C)C)cc1. The summed E-state index contributed by atoms with van der Waals surface area (Å²) in [6.45, 7) is 6.74. The van der Waals surface area contributed by atoms with E-state index in [0.29, 0.717) is 12.1 Å². The van der Waals surface area contributed by atoms with Crippen LogP contribution >= 0.6 is 0 Å². The Morgan fingerprint density at radius 1 is 1.19 bits per heavy atom. The summed E-state index contributed by atoms with van der Waals surface area (Å²) >= 11 is 0. The number of sulfonamides is 1. The van der Waals surface area contributed by atoms with E-state index < -0.39 is 10.0 Å². The number of ketones is 1. The van der Waals surface area contributed by atoms with Gasteiger partial charge in [-0.3, -0.25) is 4.79 Å². The normalized spacial score (nSPS) is 12.7. The number of nitrogens with one attached hydrogen (secondary N) is 2. The fraction of sp³-hybridized carbons (Fsp3) is 0.533. The first kappa shape index (κ1) is 17.8. The highest BCUT2D eigenvalue weighted by atomic mass is 32.2. The predicted molar refractivity (Wildman–Crippen MR) is 83.1 cm³/mol.